The first-order valence-corrected chi connectivity index (χ1v) is 8.17. The molecule has 1 aliphatic carbocycles. The van der Waals surface area contributed by atoms with Crippen molar-refractivity contribution in [3.05, 3.63) is 35.9 Å². The van der Waals surface area contributed by atoms with E-state index in [0.29, 0.717) is 23.8 Å². The molecule has 1 aromatic rings. The molecule has 1 amide bonds. The number of hydrogen-bond donors (Lipinski definition) is 1. The summed E-state index contributed by atoms with van der Waals surface area (Å²) in [6.45, 7) is 6.05. The summed E-state index contributed by atoms with van der Waals surface area (Å²) < 4.78 is 0. The highest BCUT2D eigenvalue weighted by atomic mass is 35.5. The van der Waals surface area contributed by atoms with Gasteiger partial charge >= 0.3 is 0 Å². The molecule has 1 saturated carbocycles. The van der Waals surface area contributed by atoms with Gasteiger partial charge in [-0.3, -0.25) is 4.79 Å². The Morgan fingerprint density at radius 2 is 1.86 bits per heavy atom. The first-order chi connectivity index (χ1) is 10.1. The quantitative estimate of drug-likeness (QED) is 0.929. The van der Waals surface area contributed by atoms with Crippen molar-refractivity contribution < 1.29 is 4.79 Å². The fraction of sp³-hybridized carbons (Fsp3) is 0.611. The molecule has 3 rings (SSSR count). The highest BCUT2D eigenvalue weighted by Crippen LogP contribution is 2.39. The van der Waals surface area contributed by atoms with E-state index in [1.54, 1.807) is 0 Å². The van der Waals surface area contributed by atoms with Gasteiger partial charge < -0.3 is 10.6 Å². The predicted octanol–water partition coefficient (Wildman–Crippen LogP) is 3.04. The molecule has 1 saturated heterocycles. The van der Waals surface area contributed by atoms with Crippen LogP contribution in [-0.2, 0) is 4.79 Å². The maximum atomic E-state index is 13.0. The number of fused-ring (bicyclic) bond motifs is 1. The van der Waals surface area contributed by atoms with Crippen molar-refractivity contribution in [1.82, 2.24) is 4.90 Å². The van der Waals surface area contributed by atoms with Gasteiger partial charge in [0.25, 0.3) is 0 Å². The Labute approximate surface area is 139 Å². The molecule has 2 N–H and O–H groups in total. The van der Waals surface area contributed by atoms with Crippen LogP contribution in [0.5, 0.6) is 0 Å². The minimum absolute atomic E-state index is 0. The molecule has 1 unspecified atom stereocenters. The van der Waals surface area contributed by atoms with Gasteiger partial charge in [-0.25, -0.2) is 0 Å². The molecule has 22 heavy (non-hydrogen) atoms. The Hall–Kier alpha value is -1.06. The maximum Gasteiger partial charge on any atom is 0.230 e. The lowest BCUT2D eigenvalue weighted by Gasteiger charge is -2.27. The van der Waals surface area contributed by atoms with E-state index < -0.39 is 0 Å². The van der Waals surface area contributed by atoms with E-state index in [1.807, 2.05) is 18.2 Å². The first kappa shape index (κ1) is 17.3. The molecule has 4 atom stereocenters. The van der Waals surface area contributed by atoms with Gasteiger partial charge in [-0.05, 0) is 36.2 Å². The van der Waals surface area contributed by atoms with Gasteiger partial charge in [0, 0.05) is 19.1 Å². The summed E-state index contributed by atoms with van der Waals surface area (Å²) in [6, 6.07) is 10.5. The lowest BCUT2D eigenvalue weighted by atomic mass is 9.87. The van der Waals surface area contributed by atoms with E-state index in [1.165, 1.54) is 6.42 Å². The van der Waals surface area contributed by atoms with Gasteiger partial charge in [-0.2, -0.15) is 0 Å². The summed E-state index contributed by atoms with van der Waals surface area (Å²) in [5, 5.41) is 0. The molecule has 0 spiro atoms. The second kappa shape index (κ2) is 7.01. The largest absolute Gasteiger partial charge is 0.342 e. The topological polar surface area (TPSA) is 46.3 Å². The molecule has 3 nitrogen and oxygen atoms in total. The number of carbonyl (C=O) groups excluding carboxylic acids is 1. The second-order valence-electron chi connectivity index (χ2n) is 7.04. The van der Waals surface area contributed by atoms with Crippen LogP contribution >= 0.6 is 12.4 Å². The van der Waals surface area contributed by atoms with Crippen LogP contribution in [0.2, 0.25) is 0 Å². The van der Waals surface area contributed by atoms with Crippen molar-refractivity contribution in [3.8, 4) is 0 Å². The van der Waals surface area contributed by atoms with E-state index in [0.717, 1.165) is 25.1 Å². The second-order valence-corrected chi connectivity index (χ2v) is 7.04. The van der Waals surface area contributed by atoms with Crippen molar-refractivity contribution in [2.75, 3.05) is 13.1 Å². The number of nitrogens with zero attached hydrogens (tertiary/aromatic N) is 1. The number of likely N-dealkylation sites (tertiary alicyclic amines) is 1. The summed E-state index contributed by atoms with van der Waals surface area (Å²) in [5.74, 6) is 1.73. The monoisotopic (exact) mass is 322 g/mol. The van der Waals surface area contributed by atoms with Crippen LogP contribution in [0.1, 0.15) is 38.2 Å². The highest BCUT2D eigenvalue weighted by Gasteiger charge is 2.44. The zero-order valence-corrected chi connectivity index (χ0v) is 14.3. The Balaban J connectivity index is 0.00000176. The Morgan fingerprint density at radius 1 is 1.18 bits per heavy atom. The molecule has 2 fully saturated rings. The van der Waals surface area contributed by atoms with E-state index >= 15 is 0 Å². The van der Waals surface area contributed by atoms with Crippen LogP contribution in [-0.4, -0.2) is 29.9 Å². The van der Waals surface area contributed by atoms with Crippen LogP contribution in [0.25, 0.3) is 0 Å². The van der Waals surface area contributed by atoms with Crippen molar-refractivity contribution in [2.24, 2.45) is 23.5 Å². The highest BCUT2D eigenvalue weighted by molar-refractivity contribution is 5.85. The molecule has 122 valence electrons. The molecule has 1 aliphatic heterocycles. The van der Waals surface area contributed by atoms with Gasteiger partial charge in [0.2, 0.25) is 5.91 Å². The Kier molecular flexibility index (Phi) is 5.51. The first-order valence-electron chi connectivity index (χ1n) is 8.17. The fourth-order valence-electron chi connectivity index (χ4n) is 4.16. The normalized spacial score (nSPS) is 28.4. The maximum absolute atomic E-state index is 13.0. The summed E-state index contributed by atoms with van der Waals surface area (Å²) in [5.41, 5.74) is 7.33. The number of nitrogens with two attached hydrogens (primary N) is 1. The summed E-state index contributed by atoms with van der Waals surface area (Å²) >= 11 is 0. The summed E-state index contributed by atoms with van der Waals surface area (Å²) in [7, 11) is 0. The van der Waals surface area contributed by atoms with Crippen molar-refractivity contribution in [2.45, 2.75) is 38.6 Å². The van der Waals surface area contributed by atoms with E-state index in [4.69, 9.17) is 5.73 Å². The molecular formula is C18H27ClN2O. The molecule has 1 aromatic carbocycles. The molecule has 0 radical (unpaired) electrons. The molecule has 1 heterocycles. The number of benzene rings is 1. The number of amides is 1. The molecular weight excluding hydrogens is 296 g/mol. The van der Waals surface area contributed by atoms with Crippen molar-refractivity contribution in [1.29, 1.82) is 0 Å². The molecule has 2 aliphatic rings. The smallest absolute Gasteiger partial charge is 0.230 e. The third kappa shape index (κ3) is 3.16. The van der Waals surface area contributed by atoms with E-state index in [2.05, 4.69) is 30.9 Å². The number of rotatable bonds is 3. The average molecular weight is 323 g/mol. The Morgan fingerprint density at radius 3 is 2.45 bits per heavy atom. The SMILES string of the molecule is CC(C)C(C(=O)N1C[C@H]2CC[C@H](N)[C@H]2C1)c1ccccc1.Cl. The van der Waals surface area contributed by atoms with Gasteiger partial charge in [-0.1, -0.05) is 44.2 Å². The fourth-order valence-corrected chi connectivity index (χ4v) is 4.16. The number of hydrogen-bond acceptors (Lipinski definition) is 2. The van der Waals surface area contributed by atoms with E-state index in [-0.39, 0.29) is 24.2 Å². The van der Waals surface area contributed by atoms with Gasteiger partial charge in [0.1, 0.15) is 0 Å². The molecule has 0 aromatic heterocycles. The lowest BCUT2D eigenvalue weighted by Crippen LogP contribution is -2.37. The standard InChI is InChI=1S/C18H26N2O.ClH/c1-12(2)17(13-6-4-3-5-7-13)18(21)20-10-14-8-9-16(19)15(14)11-20;/h3-7,12,14-17H,8-11,19H2,1-2H3;1H/t14-,15+,16+,17?;/m1./s1. The third-order valence-electron chi connectivity index (χ3n) is 5.32. The van der Waals surface area contributed by atoms with Gasteiger partial charge in [0.05, 0.1) is 5.92 Å². The average Bonchev–Trinajstić information content (AvgIpc) is 3.02. The van der Waals surface area contributed by atoms with Crippen LogP contribution in [0.15, 0.2) is 30.3 Å². The van der Waals surface area contributed by atoms with Crippen LogP contribution in [0.3, 0.4) is 0 Å². The van der Waals surface area contributed by atoms with Crippen LogP contribution in [0.4, 0.5) is 0 Å². The van der Waals surface area contributed by atoms with Crippen LogP contribution < -0.4 is 5.73 Å². The minimum atomic E-state index is -0.0266. The Bertz CT molecular complexity index is 505. The van der Waals surface area contributed by atoms with Crippen LogP contribution in [0, 0.1) is 17.8 Å². The molecule has 4 heteroatoms. The van der Waals surface area contributed by atoms with Gasteiger partial charge in [0.15, 0.2) is 0 Å². The summed E-state index contributed by atoms with van der Waals surface area (Å²) in [6.07, 6.45) is 2.32. The molecule has 0 bridgehead atoms. The predicted molar refractivity (Wildman–Crippen MR) is 92.0 cm³/mol. The van der Waals surface area contributed by atoms with E-state index in [9.17, 15) is 4.79 Å². The van der Waals surface area contributed by atoms with Crippen molar-refractivity contribution in [3.63, 3.8) is 0 Å². The lowest BCUT2D eigenvalue weighted by molar-refractivity contribution is -0.133. The zero-order valence-electron chi connectivity index (χ0n) is 13.4. The summed E-state index contributed by atoms with van der Waals surface area (Å²) in [4.78, 5) is 15.1. The minimum Gasteiger partial charge on any atom is -0.342 e. The third-order valence-corrected chi connectivity index (χ3v) is 5.32. The number of halogens is 1. The van der Waals surface area contributed by atoms with Crippen molar-refractivity contribution >= 4 is 18.3 Å². The zero-order chi connectivity index (χ0) is 15.0. The van der Waals surface area contributed by atoms with Gasteiger partial charge in [-0.15, -0.1) is 12.4 Å². The number of carbonyl (C=O) groups is 1.